The molecule has 1 unspecified atom stereocenters. The lowest BCUT2D eigenvalue weighted by atomic mass is 9.68. The summed E-state index contributed by atoms with van der Waals surface area (Å²) in [5.41, 5.74) is 24.7. The summed E-state index contributed by atoms with van der Waals surface area (Å²) >= 11 is 0. The molecule has 0 radical (unpaired) electrons. The molecule has 1 aromatic heterocycles. The first-order valence-corrected chi connectivity index (χ1v) is 23.2. The zero-order chi connectivity index (χ0) is 43.7. The third-order valence-electron chi connectivity index (χ3n) is 15.2. The second-order valence-electron chi connectivity index (χ2n) is 18.8. The van der Waals surface area contributed by atoms with E-state index in [1.54, 1.807) is 0 Å². The van der Waals surface area contributed by atoms with E-state index in [0.29, 0.717) is 0 Å². The summed E-state index contributed by atoms with van der Waals surface area (Å²) in [6, 6.07) is 86.3. The summed E-state index contributed by atoms with van der Waals surface area (Å²) in [5.74, 6) is 0. The minimum atomic E-state index is -0.557. The van der Waals surface area contributed by atoms with E-state index < -0.39 is 5.41 Å². The lowest BCUT2D eigenvalue weighted by Crippen LogP contribution is -2.26. The Labute approximate surface area is 385 Å². The molecule has 2 heteroatoms. The highest BCUT2D eigenvalue weighted by atomic mass is 15.1. The summed E-state index contributed by atoms with van der Waals surface area (Å²) in [5, 5.41) is 2.53. The average molecular weight is 841 g/mol. The number of hydrogen-bond acceptors (Lipinski definition) is 1. The number of rotatable bonds is 5. The van der Waals surface area contributed by atoms with Crippen molar-refractivity contribution >= 4 is 38.9 Å². The van der Waals surface area contributed by atoms with Crippen LogP contribution in [0.3, 0.4) is 0 Å². The van der Waals surface area contributed by atoms with Crippen LogP contribution in [0.15, 0.2) is 231 Å². The van der Waals surface area contributed by atoms with E-state index in [9.17, 15) is 0 Å². The van der Waals surface area contributed by atoms with Crippen molar-refractivity contribution in [1.82, 2.24) is 4.57 Å². The van der Waals surface area contributed by atoms with E-state index >= 15 is 0 Å². The molecule has 0 amide bonds. The molecule has 0 bridgehead atoms. The van der Waals surface area contributed by atoms with Gasteiger partial charge in [0.2, 0.25) is 0 Å². The number of fused-ring (bicyclic) bond motifs is 16. The van der Waals surface area contributed by atoms with Gasteiger partial charge in [0, 0.05) is 38.8 Å². The van der Waals surface area contributed by atoms with Gasteiger partial charge in [0.15, 0.2) is 0 Å². The quantitative estimate of drug-likeness (QED) is 0.168. The molecule has 0 fully saturated rings. The minimum Gasteiger partial charge on any atom is -0.310 e. The summed E-state index contributed by atoms with van der Waals surface area (Å²) in [6.45, 7) is 4.73. The van der Waals surface area contributed by atoms with Gasteiger partial charge in [-0.3, -0.25) is 0 Å². The largest absolute Gasteiger partial charge is 0.310 e. The van der Waals surface area contributed by atoms with Crippen molar-refractivity contribution in [2.75, 3.05) is 4.90 Å². The summed E-state index contributed by atoms with van der Waals surface area (Å²) < 4.78 is 2.51. The van der Waals surface area contributed by atoms with Crippen LogP contribution in [0, 0.1) is 0 Å². The normalized spacial score (nSPS) is 15.6. The van der Waals surface area contributed by atoms with Crippen molar-refractivity contribution in [3.63, 3.8) is 0 Å². The first-order chi connectivity index (χ1) is 32.5. The van der Waals surface area contributed by atoms with Crippen molar-refractivity contribution in [3.8, 4) is 50.2 Å². The summed E-state index contributed by atoms with van der Waals surface area (Å²) in [7, 11) is 0. The lowest BCUT2D eigenvalue weighted by molar-refractivity contribution is 0.660. The Morgan fingerprint density at radius 3 is 1.62 bits per heavy atom. The van der Waals surface area contributed by atoms with Gasteiger partial charge in [-0.25, -0.2) is 0 Å². The predicted octanol–water partition coefficient (Wildman–Crippen LogP) is 16.6. The fraction of sp³-hybridized carbons (Fsp3) is 0.0625. The van der Waals surface area contributed by atoms with Gasteiger partial charge in [-0.05, 0) is 127 Å². The Balaban J connectivity index is 1.00. The second kappa shape index (κ2) is 13.7. The van der Waals surface area contributed by atoms with Gasteiger partial charge in [0.05, 0.1) is 22.1 Å². The van der Waals surface area contributed by atoms with Gasteiger partial charge in [0.1, 0.15) is 0 Å². The predicted molar refractivity (Wildman–Crippen MR) is 275 cm³/mol. The average Bonchev–Trinajstić information content (AvgIpc) is 4.05. The third-order valence-corrected chi connectivity index (χ3v) is 15.2. The van der Waals surface area contributed by atoms with Gasteiger partial charge in [-0.15, -0.1) is 0 Å². The number of para-hydroxylation sites is 3. The van der Waals surface area contributed by atoms with Crippen LogP contribution in [-0.2, 0) is 10.8 Å². The highest BCUT2D eigenvalue weighted by Gasteiger charge is 2.53. The number of nitrogens with zero attached hydrogens (tertiary/aromatic N) is 2. The third kappa shape index (κ3) is 4.85. The van der Waals surface area contributed by atoms with Gasteiger partial charge in [-0.1, -0.05) is 190 Å². The summed E-state index contributed by atoms with van der Waals surface area (Å²) in [6.07, 6.45) is 0. The Kier molecular flexibility index (Phi) is 7.70. The molecule has 14 rings (SSSR count). The molecule has 66 heavy (non-hydrogen) atoms. The van der Waals surface area contributed by atoms with Crippen molar-refractivity contribution in [3.05, 3.63) is 264 Å². The lowest BCUT2D eigenvalue weighted by Gasteiger charge is -2.32. The fourth-order valence-corrected chi connectivity index (χ4v) is 12.5. The van der Waals surface area contributed by atoms with Crippen LogP contribution in [0.5, 0.6) is 0 Å². The zero-order valence-electron chi connectivity index (χ0n) is 36.8. The first kappa shape index (κ1) is 37.2. The van der Waals surface area contributed by atoms with Gasteiger partial charge in [0.25, 0.3) is 0 Å². The van der Waals surface area contributed by atoms with Crippen LogP contribution in [0.25, 0.3) is 72.0 Å². The molecule has 11 aromatic rings. The van der Waals surface area contributed by atoms with E-state index in [1.807, 2.05) is 0 Å². The molecule has 0 saturated heterocycles. The number of hydrogen-bond donors (Lipinski definition) is 0. The Hall–Kier alpha value is -8.20. The van der Waals surface area contributed by atoms with E-state index in [0.717, 1.165) is 17.1 Å². The smallest absolute Gasteiger partial charge is 0.0732 e. The topological polar surface area (TPSA) is 8.17 Å². The second-order valence-corrected chi connectivity index (χ2v) is 18.8. The molecule has 310 valence electrons. The van der Waals surface area contributed by atoms with E-state index in [4.69, 9.17) is 0 Å². The molecule has 1 atom stereocenters. The van der Waals surface area contributed by atoms with Crippen LogP contribution in [-0.4, -0.2) is 4.57 Å². The minimum absolute atomic E-state index is 0.116. The van der Waals surface area contributed by atoms with Crippen molar-refractivity contribution < 1.29 is 0 Å². The standard InChI is InChI=1S/C64H44N2/c1-63(2)53-30-11-6-23-46(53)48-38-37-44(40-57(48)63)65(42-20-4-3-5-21-42)43-22-16-19-41(39-43)45-28-17-29-51-47-24-7-12-31-54(47)64(62(45)51)55-32-13-8-27-52(55)61-56(64)33-18-36-60(61)66-58-34-14-9-25-49(58)50-26-10-15-35-59(50)66/h3-40H,1-2H3. The number of anilines is 3. The maximum atomic E-state index is 2.51. The van der Waals surface area contributed by atoms with E-state index in [2.05, 4.69) is 254 Å². The van der Waals surface area contributed by atoms with Crippen LogP contribution in [0.4, 0.5) is 17.1 Å². The molecule has 3 aliphatic rings. The molecular weight excluding hydrogens is 797 g/mol. The summed E-state index contributed by atoms with van der Waals surface area (Å²) in [4.78, 5) is 2.44. The molecule has 0 N–H and O–H groups in total. The van der Waals surface area contributed by atoms with Crippen LogP contribution < -0.4 is 4.90 Å². The van der Waals surface area contributed by atoms with Crippen molar-refractivity contribution in [2.24, 2.45) is 0 Å². The molecule has 0 aliphatic heterocycles. The fourth-order valence-electron chi connectivity index (χ4n) is 12.5. The van der Waals surface area contributed by atoms with Crippen LogP contribution >= 0.6 is 0 Å². The monoisotopic (exact) mass is 840 g/mol. The highest BCUT2D eigenvalue weighted by molar-refractivity contribution is 6.10. The van der Waals surface area contributed by atoms with Gasteiger partial charge < -0.3 is 9.47 Å². The Morgan fingerprint density at radius 2 is 0.864 bits per heavy atom. The van der Waals surface area contributed by atoms with Crippen LogP contribution in [0.1, 0.15) is 47.2 Å². The van der Waals surface area contributed by atoms with Crippen molar-refractivity contribution in [1.29, 1.82) is 0 Å². The highest BCUT2D eigenvalue weighted by Crippen LogP contribution is 2.65. The SMILES string of the molecule is CC1(C)c2ccccc2-c2ccc(N(c3ccccc3)c3cccc(-c4cccc5c4C4(c6ccccc6-5)c5ccccc5-c5c(-n6c7ccccc7c7ccccc76)cccc54)c3)cc21. The maximum Gasteiger partial charge on any atom is 0.0732 e. The zero-order valence-corrected chi connectivity index (χ0v) is 36.8. The van der Waals surface area contributed by atoms with Crippen molar-refractivity contribution in [2.45, 2.75) is 24.7 Å². The Morgan fingerprint density at radius 1 is 0.348 bits per heavy atom. The van der Waals surface area contributed by atoms with Gasteiger partial charge in [-0.2, -0.15) is 0 Å². The van der Waals surface area contributed by atoms with E-state index in [1.165, 1.54) is 105 Å². The molecule has 10 aromatic carbocycles. The van der Waals surface area contributed by atoms with Gasteiger partial charge >= 0.3 is 0 Å². The molecule has 0 saturated carbocycles. The van der Waals surface area contributed by atoms with E-state index in [-0.39, 0.29) is 5.41 Å². The first-order valence-electron chi connectivity index (χ1n) is 23.2. The molecule has 1 spiro atoms. The Bertz CT molecular complexity index is 3760. The molecule has 1 heterocycles. The molecular formula is C64H44N2. The number of aromatic nitrogens is 1. The molecule has 2 nitrogen and oxygen atoms in total. The number of benzene rings is 10. The molecule has 3 aliphatic carbocycles. The van der Waals surface area contributed by atoms with Crippen LogP contribution in [0.2, 0.25) is 0 Å². The maximum absolute atomic E-state index is 2.51.